The second-order valence-corrected chi connectivity index (χ2v) is 17.7. The van der Waals surface area contributed by atoms with Gasteiger partial charge in [-0.2, -0.15) is 0 Å². The molecule has 0 saturated carbocycles. The Bertz CT molecular complexity index is 2420. The van der Waals surface area contributed by atoms with Gasteiger partial charge < -0.3 is 65.8 Å². The van der Waals surface area contributed by atoms with Crippen molar-refractivity contribution in [2.24, 2.45) is 0 Å². The van der Waals surface area contributed by atoms with Crippen molar-refractivity contribution >= 4 is 11.9 Å². The van der Waals surface area contributed by atoms with Crippen molar-refractivity contribution in [3.63, 3.8) is 0 Å². The SMILES string of the molecule is COc1cc2c(cc1OC)[C@H](c1cc(OC)c(OC)c(OC)c1)[N+](C)(CCCOC(=O)C=CC(=O)OCCC[N+]1(C)CCc3cc(OC)c(OC)cc3[C@H]1Cc1cc(OC)c(OC)c(OC)c1)CC2. The lowest BCUT2D eigenvalue weighted by Crippen LogP contribution is -2.52. The number of carbonyl (C=O) groups excluding carboxylic acids is 2. The van der Waals surface area contributed by atoms with E-state index in [0.717, 1.165) is 65.9 Å². The van der Waals surface area contributed by atoms with Gasteiger partial charge in [0.2, 0.25) is 11.5 Å². The molecule has 0 radical (unpaired) electrons. The second kappa shape index (κ2) is 23.2. The summed E-state index contributed by atoms with van der Waals surface area (Å²) in [5.41, 5.74) is 6.57. The number of benzene rings is 4. The van der Waals surface area contributed by atoms with E-state index in [1.165, 1.54) is 5.56 Å². The molecule has 4 atom stereocenters. The molecular weight excluding hydrogens is 889 g/mol. The van der Waals surface area contributed by atoms with Crippen LogP contribution in [0.2, 0.25) is 0 Å². The van der Waals surface area contributed by atoms with E-state index >= 15 is 0 Å². The molecule has 2 aliphatic rings. The number of ether oxygens (including phenoxy) is 12. The second-order valence-electron chi connectivity index (χ2n) is 17.7. The Kier molecular flexibility index (Phi) is 17.4. The van der Waals surface area contributed by atoms with Crippen LogP contribution in [0.5, 0.6) is 57.5 Å². The highest BCUT2D eigenvalue weighted by Gasteiger charge is 2.43. The first-order chi connectivity index (χ1) is 33.3. The fourth-order valence-electron chi connectivity index (χ4n) is 10.1. The van der Waals surface area contributed by atoms with Crippen LogP contribution in [-0.4, -0.2) is 145 Å². The number of methoxy groups -OCH3 is 10. The van der Waals surface area contributed by atoms with E-state index in [1.54, 1.807) is 71.1 Å². The predicted molar refractivity (Wildman–Crippen MR) is 259 cm³/mol. The van der Waals surface area contributed by atoms with Crippen molar-refractivity contribution in [3.05, 3.63) is 94.1 Å². The molecule has 0 amide bonds. The van der Waals surface area contributed by atoms with Crippen LogP contribution >= 0.6 is 0 Å². The van der Waals surface area contributed by atoms with E-state index < -0.39 is 11.9 Å². The third kappa shape index (κ3) is 11.3. The number of nitrogens with zero attached hydrogens (tertiary/aromatic N) is 2. The zero-order valence-electron chi connectivity index (χ0n) is 42.3. The Morgan fingerprint density at radius 1 is 0.493 bits per heavy atom. The van der Waals surface area contributed by atoms with Crippen LogP contribution in [0, 0.1) is 0 Å². The molecule has 16 nitrogen and oxygen atoms in total. The number of esters is 2. The molecule has 0 bridgehead atoms. The van der Waals surface area contributed by atoms with Gasteiger partial charge in [-0.3, -0.25) is 0 Å². The van der Waals surface area contributed by atoms with E-state index in [4.69, 9.17) is 56.8 Å². The summed E-state index contributed by atoms with van der Waals surface area (Å²) in [7, 11) is 20.6. The lowest BCUT2D eigenvalue weighted by molar-refractivity contribution is -0.941. The van der Waals surface area contributed by atoms with Gasteiger partial charge in [0.1, 0.15) is 12.1 Å². The highest BCUT2D eigenvalue weighted by atomic mass is 16.6. The van der Waals surface area contributed by atoms with Gasteiger partial charge in [0.15, 0.2) is 46.0 Å². The van der Waals surface area contributed by atoms with Crippen LogP contribution in [-0.2, 0) is 38.3 Å². The third-order valence-electron chi connectivity index (χ3n) is 13.7. The number of hydrogen-bond acceptors (Lipinski definition) is 14. The molecule has 6 rings (SSSR count). The van der Waals surface area contributed by atoms with Crippen LogP contribution in [0.1, 0.15) is 58.3 Å². The molecule has 0 saturated heterocycles. The first-order valence-corrected chi connectivity index (χ1v) is 23.1. The molecule has 374 valence electrons. The number of hydrogen-bond donors (Lipinski definition) is 0. The first-order valence-electron chi connectivity index (χ1n) is 23.1. The van der Waals surface area contributed by atoms with E-state index in [2.05, 4.69) is 26.2 Å². The zero-order valence-corrected chi connectivity index (χ0v) is 42.3. The van der Waals surface area contributed by atoms with Crippen molar-refractivity contribution in [1.82, 2.24) is 0 Å². The van der Waals surface area contributed by atoms with Crippen LogP contribution in [0.3, 0.4) is 0 Å². The van der Waals surface area contributed by atoms with E-state index in [0.29, 0.717) is 98.8 Å². The number of likely N-dealkylation sites (N-methyl/N-ethyl adjacent to an activating group) is 2. The summed E-state index contributed by atoms with van der Waals surface area (Å²) in [5.74, 6) is 4.71. The number of carbonyl (C=O) groups is 2. The minimum absolute atomic E-state index is 0.00465. The summed E-state index contributed by atoms with van der Waals surface area (Å²) in [6.07, 6.45) is 5.68. The molecule has 2 heterocycles. The number of rotatable bonds is 23. The molecule has 2 unspecified atom stereocenters. The molecule has 0 aromatic heterocycles. The molecule has 0 fully saturated rings. The van der Waals surface area contributed by atoms with Crippen LogP contribution in [0.25, 0.3) is 0 Å². The smallest absolute Gasteiger partial charge is 0.331 e. The van der Waals surface area contributed by atoms with Crippen molar-refractivity contribution in [2.75, 3.05) is 125 Å². The molecule has 0 aliphatic carbocycles. The molecule has 69 heavy (non-hydrogen) atoms. The molecule has 2 aliphatic heterocycles. The Hall–Kier alpha value is -6.52. The monoisotopic (exact) mass is 958 g/mol. The summed E-state index contributed by atoms with van der Waals surface area (Å²) in [6.45, 7) is 3.36. The fourth-order valence-corrected chi connectivity index (χ4v) is 10.1. The summed E-state index contributed by atoms with van der Waals surface area (Å²) in [4.78, 5) is 25.8. The summed E-state index contributed by atoms with van der Waals surface area (Å²) in [6, 6.07) is 16.0. The highest BCUT2D eigenvalue weighted by Crippen LogP contribution is 2.49. The predicted octanol–water partition coefficient (Wildman–Crippen LogP) is 7.27. The number of fused-ring (bicyclic) bond motifs is 2. The lowest BCUT2D eigenvalue weighted by Gasteiger charge is -2.46. The van der Waals surface area contributed by atoms with Gasteiger partial charge in [-0.15, -0.1) is 0 Å². The van der Waals surface area contributed by atoms with Crippen LogP contribution in [0.15, 0.2) is 60.7 Å². The van der Waals surface area contributed by atoms with Gasteiger partial charge in [-0.25, -0.2) is 9.59 Å². The lowest BCUT2D eigenvalue weighted by atomic mass is 9.85. The minimum atomic E-state index is -0.622. The van der Waals surface area contributed by atoms with Crippen molar-refractivity contribution in [1.29, 1.82) is 0 Å². The van der Waals surface area contributed by atoms with E-state index in [1.807, 2.05) is 36.4 Å². The maximum atomic E-state index is 12.9. The topological polar surface area (TPSA) is 145 Å². The van der Waals surface area contributed by atoms with Gasteiger partial charge in [0.25, 0.3) is 0 Å². The van der Waals surface area contributed by atoms with Crippen molar-refractivity contribution < 1.29 is 75.4 Å². The third-order valence-corrected chi connectivity index (χ3v) is 13.7. The largest absolute Gasteiger partial charge is 0.493 e. The van der Waals surface area contributed by atoms with Crippen LogP contribution < -0.4 is 47.4 Å². The average molecular weight is 959 g/mol. The van der Waals surface area contributed by atoms with Crippen molar-refractivity contribution in [3.8, 4) is 57.5 Å². The van der Waals surface area contributed by atoms with E-state index in [9.17, 15) is 9.59 Å². The van der Waals surface area contributed by atoms with E-state index in [-0.39, 0.29) is 25.3 Å². The Morgan fingerprint density at radius 2 is 0.884 bits per heavy atom. The van der Waals surface area contributed by atoms with Gasteiger partial charge in [0, 0.05) is 60.9 Å². The Labute approximate surface area is 406 Å². The van der Waals surface area contributed by atoms with Crippen LogP contribution in [0.4, 0.5) is 0 Å². The van der Waals surface area contributed by atoms with Gasteiger partial charge >= 0.3 is 11.9 Å². The molecule has 16 heteroatoms. The molecule has 0 N–H and O–H groups in total. The molecule has 4 aromatic carbocycles. The fraction of sp³-hybridized carbons (Fsp3) is 0.472. The molecule has 0 spiro atoms. The summed E-state index contributed by atoms with van der Waals surface area (Å²) >= 11 is 0. The van der Waals surface area contributed by atoms with Crippen molar-refractivity contribution in [2.45, 2.75) is 44.2 Å². The van der Waals surface area contributed by atoms with Gasteiger partial charge in [-0.05, 0) is 65.2 Å². The Balaban J connectivity index is 1.08. The van der Waals surface area contributed by atoms with Gasteiger partial charge in [-0.1, -0.05) is 0 Å². The minimum Gasteiger partial charge on any atom is -0.493 e. The quantitative estimate of drug-likeness (QED) is 0.0318. The summed E-state index contributed by atoms with van der Waals surface area (Å²) in [5, 5.41) is 0. The molecular formula is C53H70N2O14+2. The summed E-state index contributed by atoms with van der Waals surface area (Å²) < 4.78 is 69.5. The maximum absolute atomic E-state index is 12.9. The zero-order chi connectivity index (χ0) is 49.9. The first kappa shape index (κ1) is 51.9. The highest BCUT2D eigenvalue weighted by molar-refractivity contribution is 5.91. The maximum Gasteiger partial charge on any atom is 0.331 e. The molecule has 4 aromatic rings. The standard InChI is InChI=1S/C53H70N2O14/c1-54(21-17-35-28-41(58-3)43(60-5)32-38(35)40(54)25-34-26-45(62-7)52(66-11)46(27-34)63-8)19-13-23-68-49(56)15-16-50(57)69-24-14-20-55(2)22-18-36-29-42(59-4)44(61-6)33-39(36)51(55)37-30-47(64-9)53(67-12)48(31-37)65-10/h15-16,26-33,40,51H,13-14,17-25H2,1-12H3/q+2/t40-,51+,54?,55?/m1/s1. The number of quaternary nitrogens is 2. The van der Waals surface area contributed by atoms with Gasteiger partial charge in [0.05, 0.1) is 125 Å². The Morgan fingerprint density at radius 3 is 1.33 bits per heavy atom. The normalized spacial score (nSPS) is 19.4. The average Bonchev–Trinajstić information content (AvgIpc) is 3.37.